The van der Waals surface area contributed by atoms with Gasteiger partial charge in [0.05, 0.1) is 17.8 Å². The number of halogens is 1. The fourth-order valence-electron chi connectivity index (χ4n) is 2.32. The van der Waals surface area contributed by atoms with Crippen molar-refractivity contribution in [1.82, 2.24) is 0 Å². The van der Waals surface area contributed by atoms with Crippen LogP contribution < -0.4 is 9.64 Å². The molecule has 0 saturated heterocycles. The molecule has 0 unspecified atom stereocenters. The van der Waals surface area contributed by atoms with Gasteiger partial charge in [-0.15, -0.1) is 0 Å². The number of hydrogen-bond acceptors (Lipinski definition) is 2. The van der Waals surface area contributed by atoms with E-state index in [0.717, 1.165) is 21.5 Å². The topological polar surface area (TPSA) is 29.5 Å². The van der Waals surface area contributed by atoms with Gasteiger partial charge in [0, 0.05) is 4.47 Å². The number of benzene rings is 2. The number of rotatable bonds is 1. The minimum absolute atomic E-state index is 0.00683. The molecule has 0 radical (unpaired) electrons. The zero-order valence-corrected chi connectivity index (χ0v) is 12.7. The lowest BCUT2D eigenvalue weighted by atomic mass is 10.1. The third-order valence-electron chi connectivity index (χ3n) is 3.33. The zero-order chi connectivity index (χ0) is 14.1. The van der Waals surface area contributed by atoms with Gasteiger partial charge < -0.3 is 9.64 Å². The molecule has 2 aromatic rings. The van der Waals surface area contributed by atoms with Gasteiger partial charge in [-0.05, 0) is 52.7 Å². The first-order valence-electron chi connectivity index (χ1n) is 6.46. The van der Waals surface area contributed by atoms with Crippen molar-refractivity contribution in [2.75, 3.05) is 18.1 Å². The minimum Gasteiger partial charge on any atom is -0.490 e. The highest BCUT2D eigenvalue weighted by Crippen LogP contribution is 2.34. The molecule has 1 heterocycles. The fourth-order valence-corrected chi connectivity index (χ4v) is 2.77. The summed E-state index contributed by atoms with van der Waals surface area (Å²) >= 11 is 3.44. The van der Waals surface area contributed by atoms with Crippen molar-refractivity contribution in [1.29, 1.82) is 0 Å². The van der Waals surface area contributed by atoms with Crippen LogP contribution in [0.3, 0.4) is 0 Å². The van der Waals surface area contributed by atoms with Crippen molar-refractivity contribution in [3.8, 4) is 5.75 Å². The molecule has 0 fully saturated rings. The number of amides is 1. The molecular formula is C16H14BrNO2. The van der Waals surface area contributed by atoms with Gasteiger partial charge in [-0.2, -0.15) is 0 Å². The van der Waals surface area contributed by atoms with Gasteiger partial charge >= 0.3 is 0 Å². The SMILES string of the molecule is Cc1ccc2c(c1)N(C(=O)c1ccccc1Br)CCO2. The summed E-state index contributed by atoms with van der Waals surface area (Å²) in [6, 6.07) is 13.4. The third-order valence-corrected chi connectivity index (χ3v) is 4.02. The van der Waals surface area contributed by atoms with Crippen molar-refractivity contribution in [2.24, 2.45) is 0 Å². The Morgan fingerprint density at radius 3 is 2.85 bits per heavy atom. The maximum atomic E-state index is 12.7. The summed E-state index contributed by atoms with van der Waals surface area (Å²) in [5.41, 5.74) is 2.62. The highest BCUT2D eigenvalue weighted by Gasteiger charge is 2.25. The van der Waals surface area contributed by atoms with E-state index in [-0.39, 0.29) is 5.91 Å². The monoisotopic (exact) mass is 331 g/mol. The molecule has 2 aromatic carbocycles. The van der Waals surface area contributed by atoms with E-state index in [4.69, 9.17) is 4.74 Å². The molecule has 0 bridgehead atoms. The lowest BCUT2D eigenvalue weighted by Gasteiger charge is -2.30. The van der Waals surface area contributed by atoms with Crippen LogP contribution in [-0.4, -0.2) is 19.1 Å². The zero-order valence-electron chi connectivity index (χ0n) is 11.1. The highest BCUT2D eigenvalue weighted by molar-refractivity contribution is 9.10. The van der Waals surface area contributed by atoms with Crippen LogP contribution >= 0.6 is 15.9 Å². The number of nitrogens with zero attached hydrogens (tertiary/aromatic N) is 1. The standard InChI is InChI=1S/C16H14BrNO2/c1-11-6-7-15-14(10-11)18(8-9-20-15)16(19)12-4-2-3-5-13(12)17/h2-7,10H,8-9H2,1H3. The number of carbonyl (C=O) groups is 1. The Labute approximate surface area is 126 Å². The largest absolute Gasteiger partial charge is 0.490 e. The second-order valence-electron chi connectivity index (χ2n) is 4.76. The van der Waals surface area contributed by atoms with E-state index in [1.54, 1.807) is 4.90 Å². The summed E-state index contributed by atoms with van der Waals surface area (Å²) in [5.74, 6) is 0.759. The van der Waals surface area contributed by atoms with Gasteiger partial charge in [0.25, 0.3) is 5.91 Å². The van der Waals surface area contributed by atoms with Crippen molar-refractivity contribution < 1.29 is 9.53 Å². The van der Waals surface area contributed by atoms with E-state index >= 15 is 0 Å². The lowest BCUT2D eigenvalue weighted by molar-refractivity contribution is 0.0976. The van der Waals surface area contributed by atoms with E-state index in [2.05, 4.69) is 15.9 Å². The first kappa shape index (κ1) is 13.2. The molecule has 1 amide bonds. The van der Waals surface area contributed by atoms with Crippen LogP contribution in [0.4, 0.5) is 5.69 Å². The van der Waals surface area contributed by atoms with Crippen molar-refractivity contribution in [3.05, 3.63) is 58.1 Å². The first-order valence-corrected chi connectivity index (χ1v) is 7.26. The molecule has 20 heavy (non-hydrogen) atoms. The number of hydrogen-bond donors (Lipinski definition) is 0. The molecular weight excluding hydrogens is 318 g/mol. The minimum atomic E-state index is -0.00683. The van der Waals surface area contributed by atoms with E-state index in [0.29, 0.717) is 18.7 Å². The molecule has 1 aliphatic heterocycles. The lowest BCUT2D eigenvalue weighted by Crippen LogP contribution is -2.38. The van der Waals surface area contributed by atoms with E-state index < -0.39 is 0 Å². The molecule has 0 aliphatic carbocycles. The van der Waals surface area contributed by atoms with Gasteiger partial charge in [0.1, 0.15) is 12.4 Å². The Morgan fingerprint density at radius 1 is 1.25 bits per heavy atom. The van der Waals surface area contributed by atoms with Gasteiger partial charge in [-0.1, -0.05) is 18.2 Å². The number of aryl methyl sites for hydroxylation is 1. The molecule has 102 valence electrons. The predicted octanol–water partition coefficient (Wildman–Crippen LogP) is 3.80. The molecule has 0 aromatic heterocycles. The van der Waals surface area contributed by atoms with E-state index in [9.17, 15) is 4.79 Å². The molecule has 0 spiro atoms. The molecule has 0 atom stereocenters. The number of fused-ring (bicyclic) bond motifs is 1. The molecule has 3 nitrogen and oxygen atoms in total. The Bertz CT molecular complexity index is 669. The summed E-state index contributed by atoms with van der Waals surface area (Å²) in [7, 11) is 0. The summed E-state index contributed by atoms with van der Waals surface area (Å²) in [4.78, 5) is 14.5. The summed E-state index contributed by atoms with van der Waals surface area (Å²) < 4.78 is 6.43. The van der Waals surface area contributed by atoms with Crippen LogP contribution in [0.25, 0.3) is 0 Å². The quantitative estimate of drug-likeness (QED) is 0.795. The van der Waals surface area contributed by atoms with Gasteiger partial charge in [-0.3, -0.25) is 4.79 Å². The van der Waals surface area contributed by atoms with Crippen LogP contribution in [-0.2, 0) is 0 Å². The third kappa shape index (κ3) is 2.31. The average Bonchev–Trinajstić information content (AvgIpc) is 2.46. The Morgan fingerprint density at radius 2 is 2.05 bits per heavy atom. The molecule has 4 heteroatoms. The second kappa shape index (κ2) is 5.29. The molecule has 3 rings (SSSR count). The number of ether oxygens (including phenoxy) is 1. The van der Waals surface area contributed by atoms with Gasteiger partial charge in [0.2, 0.25) is 0 Å². The van der Waals surface area contributed by atoms with Gasteiger partial charge in [-0.25, -0.2) is 0 Å². The maximum absolute atomic E-state index is 12.7. The Hall–Kier alpha value is -1.81. The van der Waals surface area contributed by atoms with Crippen molar-refractivity contribution in [3.63, 3.8) is 0 Å². The smallest absolute Gasteiger partial charge is 0.259 e. The Balaban J connectivity index is 2.03. The molecule has 0 saturated carbocycles. The first-order chi connectivity index (χ1) is 9.66. The molecule has 0 N–H and O–H groups in total. The summed E-state index contributed by atoms with van der Waals surface area (Å²) in [6.07, 6.45) is 0. The summed E-state index contributed by atoms with van der Waals surface area (Å²) in [6.45, 7) is 3.10. The maximum Gasteiger partial charge on any atom is 0.259 e. The van der Waals surface area contributed by atoms with Crippen LogP contribution in [0.1, 0.15) is 15.9 Å². The molecule has 1 aliphatic rings. The fraction of sp³-hybridized carbons (Fsp3) is 0.188. The predicted molar refractivity (Wildman–Crippen MR) is 82.5 cm³/mol. The van der Waals surface area contributed by atoms with E-state index in [1.165, 1.54) is 0 Å². The van der Waals surface area contributed by atoms with Crippen LogP contribution in [0, 0.1) is 6.92 Å². The van der Waals surface area contributed by atoms with Crippen LogP contribution in [0.2, 0.25) is 0 Å². The average molecular weight is 332 g/mol. The van der Waals surface area contributed by atoms with Gasteiger partial charge in [0.15, 0.2) is 0 Å². The van der Waals surface area contributed by atoms with Crippen LogP contribution in [0.15, 0.2) is 46.9 Å². The van der Waals surface area contributed by atoms with Crippen molar-refractivity contribution in [2.45, 2.75) is 6.92 Å². The van der Waals surface area contributed by atoms with Crippen LogP contribution in [0.5, 0.6) is 5.75 Å². The Kier molecular flexibility index (Phi) is 3.49. The van der Waals surface area contributed by atoms with E-state index in [1.807, 2.05) is 49.4 Å². The number of anilines is 1. The van der Waals surface area contributed by atoms with Crippen molar-refractivity contribution >= 4 is 27.5 Å². The number of carbonyl (C=O) groups excluding carboxylic acids is 1. The summed E-state index contributed by atoms with van der Waals surface area (Å²) in [5, 5.41) is 0. The second-order valence-corrected chi connectivity index (χ2v) is 5.61. The highest BCUT2D eigenvalue weighted by atomic mass is 79.9. The normalized spacial score (nSPS) is 13.6.